The van der Waals surface area contributed by atoms with Gasteiger partial charge in [0.15, 0.2) is 5.82 Å². The van der Waals surface area contributed by atoms with Crippen LogP contribution < -0.4 is 10.2 Å². The molecule has 2 rings (SSSR count). The highest BCUT2D eigenvalue weighted by Gasteiger charge is 2.09. The normalized spacial score (nSPS) is 10.3. The van der Waals surface area contributed by atoms with E-state index in [1.165, 1.54) is 0 Å². The van der Waals surface area contributed by atoms with Crippen LogP contribution in [0.2, 0.25) is 0 Å². The lowest BCUT2D eigenvalue weighted by molar-refractivity contribution is 0.950. The minimum absolute atomic E-state index is 0.593. The van der Waals surface area contributed by atoms with Gasteiger partial charge < -0.3 is 15.2 Å². The van der Waals surface area contributed by atoms with Gasteiger partial charge in [0.25, 0.3) is 0 Å². The van der Waals surface area contributed by atoms with E-state index in [0.29, 0.717) is 17.7 Å². The number of hydrogen-bond donors (Lipinski definition) is 2. The van der Waals surface area contributed by atoms with Crippen molar-refractivity contribution >= 4 is 11.9 Å². The topological polar surface area (TPSA) is 69.7 Å². The largest absolute Gasteiger partial charge is 0.359 e. The van der Waals surface area contributed by atoms with Crippen molar-refractivity contribution in [1.29, 1.82) is 0 Å². The Bertz CT molecular complexity index is 477. The van der Waals surface area contributed by atoms with Crippen LogP contribution in [0.3, 0.4) is 0 Å². The molecule has 0 saturated carbocycles. The minimum atomic E-state index is 0.593. The summed E-state index contributed by atoms with van der Waals surface area (Å²) < 4.78 is 0. The fraction of sp³-hybridized carbons (Fsp3) is 0.364. The Hall–Kier alpha value is -2.11. The number of aromatic amines is 1. The highest BCUT2D eigenvalue weighted by Crippen LogP contribution is 2.16. The molecule has 0 amide bonds. The smallest absolute Gasteiger partial charge is 0.230 e. The van der Waals surface area contributed by atoms with E-state index in [9.17, 15) is 0 Å². The van der Waals surface area contributed by atoms with Crippen molar-refractivity contribution in [3.8, 4) is 11.5 Å². The molecule has 6 nitrogen and oxygen atoms in total. The summed E-state index contributed by atoms with van der Waals surface area (Å²) in [4.78, 5) is 18.0. The first-order chi connectivity index (χ1) is 8.20. The lowest BCUT2D eigenvalue weighted by atomic mass is 10.4. The van der Waals surface area contributed by atoms with E-state index < -0.39 is 0 Å². The van der Waals surface area contributed by atoms with Gasteiger partial charge in [-0.15, -0.1) is 0 Å². The summed E-state index contributed by atoms with van der Waals surface area (Å²) in [6.07, 6.45) is 1.85. The first-order valence-corrected chi connectivity index (χ1v) is 5.51. The highest BCUT2D eigenvalue weighted by atomic mass is 15.3. The fourth-order valence-electron chi connectivity index (χ4n) is 1.39. The molecule has 6 heteroatoms. The van der Waals surface area contributed by atoms with Gasteiger partial charge in [0.05, 0.1) is 5.69 Å². The third kappa shape index (κ3) is 2.52. The summed E-state index contributed by atoms with van der Waals surface area (Å²) in [5.74, 6) is 1.88. The molecule has 0 saturated heterocycles. The Morgan fingerprint density at radius 1 is 1.29 bits per heavy atom. The van der Waals surface area contributed by atoms with Gasteiger partial charge in [0, 0.05) is 26.8 Å². The summed E-state index contributed by atoms with van der Waals surface area (Å²) in [7, 11) is 3.81. The molecule has 0 radical (unpaired) electrons. The second-order valence-corrected chi connectivity index (χ2v) is 3.79. The van der Waals surface area contributed by atoms with E-state index in [0.717, 1.165) is 12.2 Å². The monoisotopic (exact) mass is 232 g/mol. The number of H-pyrrole nitrogens is 1. The SMILES string of the molecule is CCNc1nc(-c2ccc[nH]2)nc(N(C)C)n1. The lowest BCUT2D eigenvalue weighted by Crippen LogP contribution is -2.15. The van der Waals surface area contributed by atoms with Crippen LogP contribution in [0.5, 0.6) is 0 Å². The zero-order valence-corrected chi connectivity index (χ0v) is 10.2. The van der Waals surface area contributed by atoms with Gasteiger partial charge in [-0.05, 0) is 19.1 Å². The zero-order chi connectivity index (χ0) is 12.3. The number of aromatic nitrogens is 4. The van der Waals surface area contributed by atoms with Crippen molar-refractivity contribution in [3.05, 3.63) is 18.3 Å². The Morgan fingerprint density at radius 3 is 2.71 bits per heavy atom. The number of nitrogens with one attached hydrogen (secondary N) is 2. The fourth-order valence-corrected chi connectivity index (χ4v) is 1.39. The van der Waals surface area contributed by atoms with E-state index in [1.54, 1.807) is 0 Å². The second kappa shape index (κ2) is 4.82. The van der Waals surface area contributed by atoms with Crippen LogP contribution in [0.15, 0.2) is 18.3 Å². The van der Waals surface area contributed by atoms with Crippen molar-refractivity contribution in [2.45, 2.75) is 6.92 Å². The Morgan fingerprint density at radius 2 is 2.12 bits per heavy atom. The van der Waals surface area contributed by atoms with Gasteiger partial charge in [0.1, 0.15) is 0 Å². The molecule has 90 valence electrons. The molecule has 2 aromatic heterocycles. The standard InChI is InChI=1S/C11H16N6/c1-4-12-10-14-9(8-6-5-7-13-8)15-11(16-10)17(2)3/h5-7,13H,4H2,1-3H3,(H,12,14,15,16). The third-order valence-corrected chi connectivity index (χ3v) is 2.20. The molecule has 0 aliphatic heterocycles. The van der Waals surface area contributed by atoms with Crippen LogP contribution in [0.4, 0.5) is 11.9 Å². The van der Waals surface area contributed by atoms with E-state index in [2.05, 4.69) is 25.3 Å². The molecule has 2 aromatic rings. The Labute approximate surface area is 100 Å². The lowest BCUT2D eigenvalue weighted by Gasteiger charge is -2.12. The van der Waals surface area contributed by atoms with Crippen LogP contribution in [0, 0.1) is 0 Å². The van der Waals surface area contributed by atoms with Crippen molar-refractivity contribution in [2.24, 2.45) is 0 Å². The molecule has 2 N–H and O–H groups in total. The Balaban J connectivity index is 2.44. The highest BCUT2D eigenvalue weighted by molar-refractivity contribution is 5.53. The maximum absolute atomic E-state index is 4.39. The van der Waals surface area contributed by atoms with Gasteiger partial charge in [-0.1, -0.05) is 0 Å². The molecular formula is C11H16N6. The van der Waals surface area contributed by atoms with E-state index in [-0.39, 0.29) is 0 Å². The van der Waals surface area contributed by atoms with Crippen molar-refractivity contribution in [1.82, 2.24) is 19.9 Å². The van der Waals surface area contributed by atoms with Crippen molar-refractivity contribution in [3.63, 3.8) is 0 Å². The molecular weight excluding hydrogens is 216 g/mol. The maximum atomic E-state index is 4.39. The molecule has 17 heavy (non-hydrogen) atoms. The average Bonchev–Trinajstić information content (AvgIpc) is 2.82. The predicted molar refractivity (Wildman–Crippen MR) is 68.1 cm³/mol. The van der Waals surface area contributed by atoms with E-state index >= 15 is 0 Å². The van der Waals surface area contributed by atoms with E-state index in [1.807, 2.05) is 44.2 Å². The van der Waals surface area contributed by atoms with Crippen LogP contribution in [-0.2, 0) is 0 Å². The van der Waals surface area contributed by atoms with Crippen molar-refractivity contribution < 1.29 is 0 Å². The van der Waals surface area contributed by atoms with Crippen molar-refractivity contribution in [2.75, 3.05) is 30.9 Å². The molecule has 0 aliphatic rings. The van der Waals surface area contributed by atoms with Gasteiger partial charge in [0.2, 0.25) is 11.9 Å². The van der Waals surface area contributed by atoms with Crippen LogP contribution in [-0.4, -0.2) is 40.6 Å². The van der Waals surface area contributed by atoms with E-state index in [4.69, 9.17) is 0 Å². The number of rotatable bonds is 4. The molecule has 0 spiro atoms. The van der Waals surface area contributed by atoms with Crippen LogP contribution >= 0.6 is 0 Å². The molecule has 0 aromatic carbocycles. The average molecular weight is 232 g/mol. The van der Waals surface area contributed by atoms with Gasteiger partial charge in [-0.2, -0.15) is 15.0 Å². The van der Waals surface area contributed by atoms with Crippen LogP contribution in [0.1, 0.15) is 6.92 Å². The summed E-state index contributed by atoms with van der Waals surface area (Å²) in [5, 5.41) is 3.10. The van der Waals surface area contributed by atoms with Gasteiger partial charge >= 0.3 is 0 Å². The first kappa shape index (κ1) is 11.4. The molecule has 0 fully saturated rings. The quantitative estimate of drug-likeness (QED) is 0.833. The third-order valence-electron chi connectivity index (χ3n) is 2.20. The summed E-state index contributed by atoms with van der Waals surface area (Å²) in [6.45, 7) is 2.79. The summed E-state index contributed by atoms with van der Waals surface area (Å²) in [6, 6.07) is 3.85. The second-order valence-electron chi connectivity index (χ2n) is 3.79. The molecule has 2 heterocycles. The maximum Gasteiger partial charge on any atom is 0.230 e. The Kier molecular flexibility index (Phi) is 3.22. The minimum Gasteiger partial charge on any atom is -0.359 e. The predicted octanol–water partition coefficient (Wildman–Crippen LogP) is 1.36. The number of nitrogens with zero attached hydrogens (tertiary/aromatic N) is 4. The van der Waals surface area contributed by atoms with Gasteiger partial charge in [-0.25, -0.2) is 0 Å². The number of anilines is 2. The number of hydrogen-bond acceptors (Lipinski definition) is 5. The summed E-state index contributed by atoms with van der Waals surface area (Å²) >= 11 is 0. The first-order valence-electron chi connectivity index (χ1n) is 5.51. The summed E-state index contributed by atoms with van der Waals surface area (Å²) in [5.41, 5.74) is 0.884. The van der Waals surface area contributed by atoms with Crippen LogP contribution in [0.25, 0.3) is 11.5 Å². The molecule has 0 unspecified atom stereocenters. The zero-order valence-electron chi connectivity index (χ0n) is 10.2. The molecule has 0 aliphatic carbocycles. The molecule has 0 atom stereocenters. The molecule has 0 bridgehead atoms. The van der Waals surface area contributed by atoms with Gasteiger partial charge in [-0.3, -0.25) is 0 Å².